The zero-order valence-electron chi connectivity index (χ0n) is 12.0. The van der Waals surface area contributed by atoms with Gasteiger partial charge in [-0.15, -0.1) is 0 Å². The van der Waals surface area contributed by atoms with Crippen molar-refractivity contribution in [2.24, 2.45) is 0 Å². The highest BCUT2D eigenvalue weighted by molar-refractivity contribution is 5.73. The molecule has 0 unspecified atom stereocenters. The number of hydrogen-bond acceptors (Lipinski definition) is 3. The van der Waals surface area contributed by atoms with Crippen molar-refractivity contribution in [3.63, 3.8) is 0 Å². The molecule has 22 heavy (non-hydrogen) atoms. The van der Waals surface area contributed by atoms with Gasteiger partial charge in [0.15, 0.2) is 6.29 Å². The average Bonchev–Trinajstić information content (AvgIpc) is 2.61. The lowest BCUT2D eigenvalue weighted by atomic mass is 10.1. The van der Waals surface area contributed by atoms with Gasteiger partial charge in [-0.1, -0.05) is 48.5 Å². The molecule has 0 aliphatic carbocycles. The van der Waals surface area contributed by atoms with E-state index in [-0.39, 0.29) is 0 Å². The third kappa shape index (κ3) is 3.38. The molecule has 0 aliphatic rings. The smallest absolute Gasteiger partial charge is 0.168 e. The number of nitrogens with zero attached hydrogens (tertiary/aromatic N) is 1. The number of ether oxygens (including phenoxy) is 1. The topological polar surface area (TPSA) is 39.2 Å². The van der Waals surface area contributed by atoms with E-state index in [1.54, 1.807) is 12.3 Å². The minimum atomic E-state index is 0.437. The van der Waals surface area contributed by atoms with Gasteiger partial charge in [-0.25, -0.2) is 0 Å². The van der Waals surface area contributed by atoms with Crippen molar-refractivity contribution in [2.75, 3.05) is 0 Å². The minimum Gasteiger partial charge on any atom is -0.489 e. The summed E-state index contributed by atoms with van der Waals surface area (Å²) in [7, 11) is 0. The maximum Gasteiger partial charge on any atom is 0.168 e. The van der Waals surface area contributed by atoms with E-state index in [2.05, 4.69) is 4.98 Å². The van der Waals surface area contributed by atoms with Gasteiger partial charge in [0.25, 0.3) is 0 Å². The molecule has 0 fully saturated rings. The van der Waals surface area contributed by atoms with Crippen LogP contribution in [0, 0.1) is 0 Å². The summed E-state index contributed by atoms with van der Waals surface area (Å²) in [5.41, 5.74) is 3.59. The monoisotopic (exact) mass is 289 g/mol. The molecule has 0 N–H and O–H groups in total. The summed E-state index contributed by atoms with van der Waals surface area (Å²) in [5.74, 6) is 0.824. The Kier molecular flexibility index (Phi) is 4.25. The van der Waals surface area contributed by atoms with E-state index in [9.17, 15) is 4.79 Å². The molecule has 0 spiro atoms. The molecule has 1 aromatic heterocycles. The third-order valence-corrected chi connectivity index (χ3v) is 3.34. The quantitative estimate of drug-likeness (QED) is 0.663. The standard InChI is InChI=1S/C19H15NO2/c21-13-18-9-6-17(12-20-18)16-7-10-19(11-8-16)22-14-15-4-2-1-3-5-15/h1-13H,14H2. The zero-order valence-corrected chi connectivity index (χ0v) is 12.0. The molecule has 108 valence electrons. The Morgan fingerprint density at radius 2 is 1.59 bits per heavy atom. The first kappa shape index (κ1) is 14.0. The van der Waals surface area contributed by atoms with Gasteiger partial charge < -0.3 is 4.74 Å². The Labute approximate surface area is 129 Å². The molecule has 0 atom stereocenters. The lowest BCUT2D eigenvalue weighted by Gasteiger charge is -2.07. The molecule has 3 nitrogen and oxygen atoms in total. The minimum absolute atomic E-state index is 0.437. The fourth-order valence-corrected chi connectivity index (χ4v) is 2.13. The van der Waals surface area contributed by atoms with Crippen molar-refractivity contribution in [1.29, 1.82) is 0 Å². The largest absolute Gasteiger partial charge is 0.489 e. The summed E-state index contributed by atoms with van der Waals surface area (Å²) < 4.78 is 5.76. The van der Waals surface area contributed by atoms with Crippen LogP contribution in [0.3, 0.4) is 0 Å². The van der Waals surface area contributed by atoms with Crippen LogP contribution in [0.25, 0.3) is 11.1 Å². The van der Waals surface area contributed by atoms with Gasteiger partial charge in [-0.05, 0) is 29.3 Å². The highest BCUT2D eigenvalue weighted by Gasteiger charge is 2.00. The number of pyridine rings is 1. The van der Waals surface area contributed by atoms with Crippen LogP contribution in [-0.4, -0.2) is 11.3 Å². The Hall–Kier alpha value is -2.94. The molecular formula is C19H15NO2. The number of aromatic nitrogens is 1. The molecule has 2 aromatic carbocycles. The summed E-state index contributed by atoms with van der Waals surface area (Å²) >= 11 is 0. The Balaban J connectivity index is 1.68. The van der Waals surface area contributed by atoms with Gasteiger partial charge >= 0.3 is 0 Å². The fraction of sp³-hybridized carbons (Fsp3) is 0.0526. The number of hydrogen-bond donors (Lipinski definition) is 0. The summed E-state index contributed by atoms with van der Waals surface area (Å²) in [6, 6.07) is 21.5. The third-order valence-electron chi connectivity index (χ3n) is 3.34. The number of carbonyl (C=O) groups is 1. The van der Waals surface area contributed by atoms with E-state index in [4.69, 9.17) is 4.74 Å². The lowest BCUT2D eigenvalue weighted by Crippen LogP contribution is -1.94. The molecular weight excluding hydrogens is 274 g/mol. The predicted octanol–water partition coefficient (Wildman–Crippen LogP) is 4.14. The van der Waals surface area contributed by atoms with Crippen LogP contribution < -0.4 is 4.74 Å². The Morgan fingerprint density at radius 1 is 0.864 bits per heavy atom. The molecule has 1 heterocycles. The maximum atomic E-state index is 10.6. The molecule has 3 aromatic rings. The average molecular weight is 289 g/mol. The van der Waals surface area contributed by atoms with Crippen LogP contribution in [0.4, 0.5) is 0 Å². The number of aldehydes is 1. The van der Waals surface area contributed by atoms with Gasteiger partial charge in [0.1, 0.15) is 18.1 Å². The number of carbonyl (C=O) groups excluding carboxylic acids is 1. The molecule has 0 bridgehead atoms. The van der Waals surface area contributed by atoms with Crippen LogP contribution in [0.2, 0.25) is 0 Å². The second-order valence-corrected chi connectivity index (χ2v) is 4.89. The van der Waals surface area contributed by atoms with Crippen molar-refractivity contribution in [3.8, 4) is 16.9 Å². The number of rotatable bonds is 5. The van der Waals surface area contributed by atoms with Crippen LogP contribution in [0.15, 0.2) is 72.9 Å². The molecule has 0 aliphatic heterocycles. The highest BCUT2D eigenvalue weighted by Crippen LogP contribution is 2.22. The van der Waals surface area contributed by atoms with E-state index in [0.717, 1.165) is 28.7 Å². The van der Waals surface area contributed by atoms with Crippen molar-refractivity contribution in [1.82, 2.24) is 4.98 Å². The van der Waals surface area contributed by atoms with E-state index >= 15 is 0 Å². The molecule has 3 heteroatoms. The van der Waals surface area contributed by atoms with Crippen molar-refractivity contribution in [3.05, 3.63) is 84.2 Å². The van der Waals surface area contributed by atoms with Gasteiger partial charge in [-0.3, -0.25) is 9.78 Å². The van der Waals surface area contributed by atoms with Gasteiger partial charge in [-0.2, -0.15) is 0 Å². The predicted molar refractivity (Wildman–Crippen MR) is 85.8 cm³/mol. The highest BCUT2D eigenvalue weighted by atomic mass is 16.5. The number of benzene rings is 2. The molecule has 3 rings (SSSR count). The summed E-state index contributed by atoms with van der Waals surface area (Å²) in [6.45, 7) is 0.551. The van der Waals surface area contributed by atoms with Crippen molar-refractivity contribution >= 4 is 6.29 Å². The summed E-state index contributed by atoms with van der Waals surface area (Å²) in [5, 5.41) is 0. The van der Waals surface area contributed by atoms with E-state index < -0.39 is 0 Å². The Bertz CT molecular complexity index is 735. The summed E-state index contributed by atoms with van der Waals surface area (Å²) in [4.78, 5) is 14.7. The van der Waals surface area contributed by atoms with E-state index in [1.165, 1.54) is 0 Å². The first-order chi connectivity index (χ1) is 10.8. The van der Waals surface area contributed by atoms with Gasteiger partial charge in [0.05, 0.1) is 0 Å². The van der Waals surface area contributed by atoms with Gasteiger partial charge in [0, 0.05) is 11.8 Å². The molecule has 0 amide bonds. The maximum absolute atomic E-state index is 10.6. The SMILES string of the molecule is O=Cc1ccc(-c2ccc(OCc3ccccc3)cc2)cn1. The Morgan fingerprint density at radius 3 is 2.23 bits per heavy atom. The van der Waals surface area contributed by atoms with E-state index in [0.29, 0.717) is 12.3 Å². The fourth-order valence-electron chi connectivity index (χ4n) is 2.13. The zero-order chi connectivity index (χ0) is 15.2. The first-order valence-electron chi connectivity index (χ1n) is 7.03. The van der Waals surface area contributed by atoms with Crippen LogP contribution in [0.1, 0.15) is 16.1 Å². The van der Waals surface area contributed by atoms with E-state index in [1.807, 2.05) is 60.7 Å². The van der Waals surface area contributed by atoms with Crippen LogP contribution in [0.5, 0.6) is 5.75 Å². The molecule has 0 saturated heterocycles. The molecule has 0 saturated carbocycles. The van der Waals surface area contributed by atoms with Gasteiger partial charge in [0.2, 0.25) is 0 Å². The lowest BCUT2D eigenvalue weighted by molar-refractivity contribution is 0.111. The normalized spacial score (nSPS) is 10.2. The summed E-state index contributed by atoms with van der Waals surface area (Å²) in [6.07, 6.45) is 2.44. The van der Waals surface area contributed by atoms with Crippen LogP contribution in [-0.2, 0) is 6.61 Å². The second-order valence-electron chi connectivity index (χ2n) is 4.89. The molecule has 0 radical (unpaired) electrons. The van der Waals surface area contributed by atoms with Crippen molar-refractivity contribution < 1.29 is 9.53 Å². The first-order valence-corrected chi connectivity index (χ1v) is 7.03. The van der Waals surface area contributed by atoms with Crippen molar-refractivity contribution in [2.45, 2.75) is 6.61 Å². The second kappa shape index (κ2) is 6.68. The van der Waals surface area contributed by atoms with Crippen LogP contribution >= 0.6 is 0 Å².